The molecular formula is C30H40N6O3. The van der Waals surface area contributed by atoms with E-state index in [4.69, 9.17) is 10.00 Å². The number of ether oxygens (including phenoxy) is 1. The van der Waals surface area contributed by atoms with Gasteiger partial charge in [0, 0.05) is 18.2 Å². The van der Waals surface area contributed by atoms with Gasteiger partial charge in [0.25, 0.3) is 5.91 Å². The normalized spacial score (nSPS) is 12.1. The number of amides is 1. The van der Waals surface area contributed by atoms with Crippen molar-refractivity contribution in [1.29, 1.82) is 5.26 Å². The predicted octanol–water partition coefficient (Wildman–Crippen LogP) is 4.12. The Morgan fingerprint density at radius 3 is 2.54 bits per heavy atom. The van der Waals surface area contributed by atoms with Gasteiger partial charge in [-0.05, 0) is 63.8 Å². The molecule has 1 heterocycles. The summed E-state index contributed by atoms with van der Waals surface area (Å²) < 4.78 is 7.53. The second kappa shape index (κ2) is 18.9. The first-order valence-electron chi connectivity index (χ1n) is 13.1. The summed E-state index contributed by atoms with van der Waals surface area (Å²) in [5, 5.41) is 22.9. The molecule has 1 aliphatic carbocycles. The third kappa shape index (κ3) is 12.3. The molecule has 2 aromatic rings. The number of benzene rings is 1. The van der Waals surface area contributed by atoms with Gasteiger partial charge in [-0.3, -0.25) is 9.59 Å². The van der Waals surface area contributed by atoms with Crippen LogP contribution in [0.15, 0.2) is 43.0 Å². The molecule has 1 aromatic heterocycles. The van der Waals surface area contributed by atoms with Crippen molar-refractivity contribution in [2.45, 2.75) is 65.3 Å². The van der Waals surface area contributed by atoms with Gasteiger partial charge in [-0.1, -0.05) is 36.4 Å². The van der Waals surface area contributed by atoms with Gasteiger partial charge in [0.1, 0.15) is 11.5 Å². The maximum atomic E-state index is 12.5. The van der Waals surface area contributed by atoms with Crippen LogP contribution in [-0.4, -0.2) is 52.4 Å². The zero-order valence-electron chi connectivity index (χ0n) is 23.3. The van der Waals surface area contributed by atoms with Crippen LogP contribution in [0.2, 0.25) is 0 Å². The van der Waals surface area contributed by atoms with E-state index in [2.05, 4.69) is 46.4 Å². The van der Waals surface area contributed by atoms with Crippen LogP contribution in [0.1, 0.15) is 68.2 Å². The smallest absolute Gasteiger partial charge is 0.273 e. The second-order valence-electron chi connectivity index (χ2n) is 8.72. The number of aromatic nitrogens is 3. The van der Waals surface area contributed by atoms with Crippen LogP contribution in [0.5, 0.6) is 5.75 Å². The Morgan fingerprint density at radius 2 is 1.97 bits per heavy atom. The number of hydrogen-bond acceptors (Lipinski definition) is 7. The Bertz CT molecular complexity index is 1140. The molecule has 0 aliphatic heterocycles. The minimum Gasteiger partial charge on any atom is -0.494 e. The van der Waals surface area contributed by atoms with E-state index in [-0.39, 0.29) is 17.7 Å². The van der Waals surface area contributed by atoms with E-state index in [1.54, 1.807) is 10.8 Å². The number of carbonyl (C=O) groups excluding carboxylic acids is 2. The first-order valence-corrected chi connectivity index (χ1v) is 13.1. The Labute approximate surface area is 232 Å². The highest BCUT2D eigenvalue weighted by Gasteiger charge is 2.27. The fraction of sp³-hybridized carbons (Fsp3) is 0.433. The molecule has 1 fully saturated rings. The van der Waals surface area contributed by atoms with Gasteiger partial charge in [0.15, 0.2) is 5.69 Å². The summed E-state index contributed by atoms with van der Waals surface area (Å²) in [4.78, 5) is 23.1. The Hall–Kier alpha value is -4.21. The highest BCUT2D eigenvalue weighted by molar-refractivity contribution is 5.93. The number of nitrogens with one attached hydrogen (secondary N) is 2. The van der Waals surface area contributed by atoms with Crippen molar-refractivity contribution in [2.75, 3.05) is 19.7 Å². The molecule has 0 radical (unpaired) electrons. The lowest BCUT2D eigenvalue weighted by molar-refractivity contribution is -0.117. The van der Waals surface area contributed by atoms with Crippen LogP contribution >= 0.6 is 0 Å². The van der Waals surface area contributed by atoms with E-state index in [1.807, 2.05) is 51.1 Å². The van der Waals surface area contributed by atoms with Crippen LogP contribution in [0.25, 0.3) is 5.70 Å². The largest absolute Gasteiger partial charge is 0.494 e. The van der Waals surface area contributed by atoms with E-state index >= 15 is 0 Å². The van der Waals surface area contributed by atoms with Gasteiger partial charge in [0.05, 0.1) is 31.3 Å². The van der Waals surface area contributed by atoms with Crippen molar-refractivity contribution in [3.05, 3.63) is 59.9 Å². The van der Waals surface area contributed by atoms with E-state index in [1.165, 1.54) is 0 Å². The van der Waals surface area contributed by atoms with E-state index in [9.17, 15) is 9.59 Å². The summed E-state index contributed by atoms with van der Waals surface area (Å²) in [6.45, 7) is 11.2. The topological polar surface area (TPSA) is 122 Å². The molecule has 1 aliphatic rings. The number of rotatable bonds is 14. The van der Waals surface area contributed by atoms with E-state index in [0.717, 1.165) is 48.5 Å². The molecule has 208 valence electrons. The first-order chi connectivity index (χ1) is 18.9. The molecule has 0 unspecified atom stereocenters. The lowest BCUT2D eigenvalue weighted by Gasteiger charge is -2.10. The van der Waals surface area contributed by atoms with Gasteiger partial charge in [0.2, 0.25) is 0 Å². The molecule has 0 saturated heterocycles. The van der Waals surface area contributed by atoms with Crippen molar-refractivity contribution < 1.29 is 14.3 Å². The van der Waals surface area contributed by atoms with Crippen molar-refractivity contribution in [3.63, 3.8) is 0 Å². The number of nitrogens with zero attached hydrogens (tertiary/aromatic N) is 4. The number of likely N-dealkylation sites (N-methyl/N-ethyl adjacent to an activating group) is 1. The molecule has 9 nitrogen and oxygen atoms in total. The zero-order valence-corrected chi connectivity index (χ0v) is 23.3. The Kier molecular flexibility index (Phi) is 15.9. The van der Waals surface area contributed by atoms with Gasteiger partial charge in [-0.25, -0.2) is 4.68 Å². The summed E-state index contributed by atoms with van der Waals surface area (Å²) in [6, 6.07) is 9.94. The minimum atomic E-state index is -0.151. The number of Topliss-reactive ketones (excluding diaryl/α,β-unsaturated/α-hetero) is 1. The second-order valence-corrected chi connectivity index (χ2v) is 8.72. The maximum Gasteiger partial charge on any atom is 0.273 e. The predicted molar refractivity (Wildman–Crippen MR) is 154 cm³/mol. The number of terminal acetylenes is 1. The lowest BCUT2D eigenvalue weighted by Crippen LogP contribution is -2.27. The summed E-state index contributed by atoms with van der Waals surface area (Å²) in [5.74, 6) is 0.818. The molecule has 0 spiro atoms. The van der Waals surface area contributed by atoms with E-state index < -0.39 is 0 Å². The van der Waals surface area contributed by atoms with Crippen molar-refractivity contribution >= 4 is 17.4 Å². The third-order valence-corrected chi connectivity index (χ3v) is 5.62. The van der Waals surface area contributed by atoms with Gasteiger partial charge in [-0.2, -0.15) is 5.26 Å². The van der Waals surface area contributed by atoms with Crippen molar-refractivity contribution in [1.82, 2.24) is 25.6 Å². The number of ketones is 1. The van der Waals surface area contributed by atoms with Crippen LogP contribution < -0.4 is 15.4 Å². The summed E-state index contributed by atoms with van der Waals surface area (Å²) in [7, 11) is 0. The standard InChI is InChI=1S/C21H25N5O2.C7H13NO.C2H2/c1-3-15(2)26-19(20(24-25-26)21(27)23-17-8-9-17)5-4-14-28-18-10-6-16(7-11-18)12-13-22;1-3-5-7(9)6-8-4-2;1-2/h3,6-7,10-11,17H,4-5,8-9,12,14H2,1-2H3,(H,23,27);3,8H,1,4-6H2,2H3;1-2H/b15-3+;;. The fourth-order valence-corrected chi connectivity index (χ4v) is 3.31. The molecule has 0 bridgehead atoms. The molecule has 3 rings (SSSR count). The van der Waals surface area contributed by atoms with E-state index in [0.29, 0.717) is 38.1 Å². The zero-order chi connectivity index (χ0) is 29.0. The highest BCUT2D eigenvalue weighted by Crippen LogP contribution is 2.21. The molecule has 1 amide bonds. The van der Waals surface area contributed by atoms with Gasteiger partial charge < -0.3 is 15.4 Å². The van der Waals surface area contributed by atoms with Crippen molar-refractivity contribution in [2.24, 2.45) is 0 Å². The number of allylic oxidation sites excluding steroid dienone is 3. The highest BCUT2D eigenvalue weighted by atomic mass is 16.5. The molecule has 0 atom stereocenters. The quantitative estimate of drug-likeness (QED) is 0.213. The number of hydrogen-bond donors (Lipinski definition) is 2. The lowest BCUT2D eigenvalue weighted by atomic mass is 10.1. The minimum absolute atomic E-state index is 0.151. The fourth-order valence-electron chi connectivity index (χ4n) is 3.31. The monoisotopic (exact) mass is 532 g/mol. The number of nitriles is 1. The van der Waals surface area contributed by atoms with Gasteiger partial charge >= 0.3 is 0 Å². The molecule has 1 aromatic carbocycles. The first kappa shape index (κ1) is 32.8. The van der Waals surface area contributed by atoms with Gasteiger partial charge in [-0.15, -0.1) is 24.5 Å². The van der Waals surface area contributed by atoms with Crippen LogP contribution in [0.4, 0.5) is 0 Å². The van der Waals surface area contributed by atoms with Crippen LogP contribution in [0, 0.1) is 24.2 Å². The average molecular weight is 533 g/mol. The number of carbonyl (C=O) groups is 2. The van der Waals surface area contributed by atoms with Crippen LogP contribution in [-0.2, 0) is 17.6 Å². The Balaban J connectivity index is 0.000000589. The van der Waals surface area contributed by atoms with Crippen LogP contribution in [0.3, 0.4) is 0 Å². The summed E-state index contributed by atoms with van der Waals surface area (Å²) in [6.07, 6.45) is 15.9. The summed E-state index contributed by atoms with van der Waals surface area (Å²) >= 11 is 0. The average Bonchev–Trinajstić information content (AvgIpc) is 3.67. The third-order valence-electron chi connectivity index (χ3n) is 5.62. The molecule has 39 heavy (non-hydrogen) atoms. The maximum absolute atomic E-state index is 12.5. The van der Waals surface area contributed by atoms with Crippen molar-refractivity contribution in [3.8, 4) is 24.7 Å². The molecule has 9 heteroatoms. The molecular weight excluding hydrogens is 492 g/mol. The SMILES string of the molecule is C#C.C/C=C(\C)n1nnc(C(=O)NC2CC2)c1CCCOc1ccc(CC#N)cc1.C=CCC(=O)CNCC. The molecule has 2 N–H and O–H groups in total. The Morgan fingerprint density at radius 1 is 1.28 bits per heavy atom. The molecule has 1 saturated carbocycles. The summed E-state index contributed by atoms with van der Waals surface area (Å²) in [5.41, 5.74) is 3.11.